The van der Waals surface area contributed by atoms with E-state index in [0.717, 1.165) is 91.5 Å². The van der Waals surface area contributed by atoms with E-state index in [1.54, 1.807) is 76.9 Å². The minimum absolute atomic E-state index is 0.0302. The molecule has 28 nitrogen and oxygen atoms in total. The first kappa shape index (κ1) is 89.0. The molecule has 37 heteroatoms. The van der Waals surface area contributed by atoms with Crippen molar-refractivity contribution >= 4 is 115 Å². The van der Waals surface area contributed by atoms with Gasteiger partial charge >= 0.3 is 11.9 Å². The summed E-state index contributed by atoms with van der Waals surface area (Å²) in [6.07, 6.45) is 11.3. The van der Waals surface area contributed by atoms with Gasteiger partial charge in [0.15, 0.2) is 0 Å². The largest absolute Gasteiger partial charge is 0.480 e. The highest BCUT2D eigenvalue weighted by Gasteiger charge is 2.50. The quantitative estimate of drug-likeness (QED) is 0.0278. The molecule has 10 heterocycles. The average molecular weight is 1860 g/mol. The number of aromatic nitrogens is 6. The Balaban J connectivity index is 0.000000139. The molecule has 0 spiro atoms. The summed E-state index contributed by atoms with van der Waals surface area (Å²) in [5.74, 6) is -8.05. The van der Waals surface area contributed by atoms with E-state index in [9.17, 15) is 75.6 Å². The Morgan fingerprint density at radius 3 is 0.985 bits per heavy atom. The number of esters is 2. The fourth-order valence-corrected chi connectivity index (χ4v) is 19.3. The molecule has 133 heavy (non-hydrogen) atoms. The first-order valence-corrected chi connectivity index (χ1v) is 44.9. The van der Waals surface area contributed by atoms with Crippen LogP contribution in [0.1, 0.15) is 33.6 Å². The Morgan fingerprint density at radius 2 is 0.699 bits per heavy atom. The van der Waals surface area contributed by atoms with Crippen LogP contribution in [-0.2, 0) is 53.9 Å². The van der Waals surface area contributed by atoms with E-state index >= 15 is 0 Å². The van der Waals surface area contributed by atoms with Crippen LogP contribution in [0.3, 0.4) is 0 Å². The molecule has 3 amide bonds. The Kier molecular flexibility index (Phi) is 24.4. The zero-order valence-corrected chi connectivity index (χ0v) is 72.2. The van der Waals surface area contributed by atoms with Crippen molar-refractivity contribution in [1.82, 2.24) is 39.7 Å². The van der Waals surface area contributed by atoms with E-state index in [4.69, 9.17) is 23.7 Å². The molecule has 15 aromatic rings. The number of nitrogens with zero attached hydrogens (tertiary/aromatic N) is 8. The molecule has 0 unspecified atom stereocenters. The Hall–Kier alpha value is -16.0. The Morgan fingerprint density at radius 1 is 0.391 bits per heavy atom. The van der Waals surface area contributed by atoms with Crippen LogP contribution in [0.15, 0.2) is 283 Å². The zero-order valence-electron chi connectivity index (χ0n) is 69.8. The Labute approximate surface area is 754 Å². The second kappa shape index (κ2) is 36.5. The van der Waals surface area contributed by atoms with Crippen LogP contribution in [0.25, 0.3) is 99.5 Å². The van der Waals surface area contributed by atoms with Crippen molar-refractivity contribution in [1.29, 1.82) is 0 Å². The first-order chi connectivity index (χ1) is 63.9. The van der Waals surface area contributed by atoms with Gasteiger partial charge in [-0.3, -0.25) is 43.5 Å². The molecular formula is C96H70F6N12O16S3. The molecule has 0 aliphatic carbocycles. The number of rotatable bonds is 22. The number of halogens is 6. The number of carbonyl (C=O) groups is 5. The number of nitrogens with one attached hydrogen (secondary N) is 4. The lowest BCUT2D eigenvalue weighted by Crippen LogP contribution is -2.44. The predicted molar refractivity (Wildman–Crippen MR) is 480 cm³/mol. The Bertz CT molecular complexity index is 7340. The van der Waals surface area contributed by atoms with Crippen molar-refractivity contribution in [3.05, 3.63) is 314 Å². The molecule has 4 aliphatic heterocycles. The molecular weight excluding hydrogens is 1790 g/mol. The van der Waals surface area contributed by atoms with E-state index in [1.165, 1.54) is 64.2 Å². The number of ether oxygens (including phenoxy) is 5. The van der Waals surface area contributed by atoms with Crippen molar-refractivity contribution in [3.8, 4) is 84.4 Å². The number of amides is 3. The van der Waals surface area contributed by atoms with Gasteiger partial charge in [0.25, 0.3) is 41.9 Å². The molecule has 9 aromatic carbocycles. The van der Waals surface area contributed by atoms with Crippen molar-refractivity contribution < 1.29 is 99.3 Å². The van der Waals surface area contributed by atoms with Crippen molar-refractivity contribution in [2.75, 3.05) is 53.9 Å². The molecule has 4 saturated heterocycles. The van der Waals surface area contributed by atoms with Gasteiger partial charge in [0.1, 0.15) is 90.9 Å². The van der Waals surface area contributed by atoms with Gasteiger partial charge in [0.05, 0.1) is 51.0 Å². The molecule has 4 aliphatic rings. The fraction of sp³-hybridized carbons (Fsp3) is 0.115. The van der Waals surface area contributed by atoms with Crippen LogP contribution < -0.4 is 33.7 Å². The van der Waals surface area contributed by atoms with E-state index in [1.807, 2.05) is 97.1 Å². The topological polar surface area (TPSA) is 366 Å². The number of morpholine rings is 2. The fourth-order valence-electron chi connectivity index (χ4n) is 15.9. The second-order valence-corrected chi connectivity index (χ2v) is 35.6. The summed E-state index contributed by atoms with van der Waals surface area (Å²) in [6, 6.07) is 53.6. The number of likely N-dealkylation sites (tertiary alicyclic amines) is 2. The smallest absolute Gasteiger partial charge is 0.329 e. The lowest BCUT2D eigenvalue weighted by atomic mass is 9.97. The monoisotopic (exact) mass is 1860 g/mol. The third-order valence-electron chi connectivity index (χ3n) is 22.3. The molecule has 670 valence electrons. The third kappa shape index (κ3) is 18.4. The molecule has 4 atom stereocenters. The van der Waals surface area contributed by atoms with Gasteiger partial charge < -0.3 is 38.8 Å². The van der Waals surface area contributed by atoms with Gasteiger partial charge in [-0.05, 0) is 202 Å². The van der Waals surface area contributed by atoms with Crippen LogP contribution in [0.4, 0.5) is 49.1 Å². The highest BCUT2D eigenvalue weighted by atomic mass is 32.2. The number of anilines is 4. The first-order valence-electron chi connectivity index (χ1n) is 40.4. The highest BCUT2D eigenvalue weighted by molar-refractivity contribution is 7.93. The van der Waals surface area contributed by atoms with Crippen molar-refractivity contribution in [3.63, 3.8) is 0 Å². The normalized spacial score (nSPS) is 15.4. The van der Waals surface area contributed by atoms with Crippen LogP contribution in [0.2, 0.25) is 0 Å². The summed E-state index contributed by atoms with van der Waals surface area (Å²) in [4.78, 5) is 88.9. The summed E-state index contributed by atoms with van der Waals surface area (Å²) in [5.41, 5.74) is 12.3. The number of hydrogen-bond donors (Lipinski definition) is 4. The summed E-state index contributed by atoms with van der Waals surface area (Å²) in [6.45, 7) is 4.23. The maximum Gasteiger partial charge on any atom is 0.329 e. The summed E-state index contributed by atoms with van der Waals surface area (Å²) in [5, 5.41) is 5.10. The van der Waals surface area contributed by atoms with Crippen molar-refractivity contribution in [2.24, 2.45) is 0 Å². The minimum atomic E-state index is -4.46. The average Bonchev–Trinajstić information content (AvgIpc) is 1.69. The highest BCUT2D eigenvalue weighted by Crippen LogP contribution is 2.42. The number of fused-ring (bicyclic) bond motifs is 7. The number of hydrogen-bond acceptors (Lipinski definition) is 22. The SMILES string of the molecule is C=CC(=O)Nc1ccc(-c2ccnc3ccc(-c4cnc(OC)c(NS(=O)(=O)c5ccc(F)cc5F)c4)cc23)cc1.COc1ncc(-c2ccc3nccc(-c4ccc(C(=O)N5C[C@@H]6C[C@H]5C(=O)O6)cc4)c3c2)cc1NS(=O)(=O)c1ccc(F)cc1F.COc1ncc(-c2ccc3nccc(-c4ccc(C(=O)N5C[C@H]6C[C@@H]5C(=O)O6)cc4)c3c2)cc1NS(=O)(=O)c1ccc(F)cc1F. The number of benzene rings is 9. The molecule has 19 rings (SSSR count). The molecule has 4 bridgehead atoms. The maximum absolute atomic E-state index is 14.3. The molecule has 4 fully saturated rings. The summed E-state index contributed by atoms with van der Waals surface area (Å²) in [7, 11) is -9.41. The lowest BCUT2D eigenvalue weighted by Gasteiger charge is -2.25. The minimum Gasteiger partial charge on any atom is -0.480 e. The number of methoxy groups -OCH3 is 3. The van der Waals surface area contributed by atoms with Gasteiger partial charge in [-0.2, -0.15) is 0 Å². The predicted octanol–water partition coefficient (Wildman–Crippen LogP) is 16.6. The van der Waals surface area contributed by atoms with E-state index in [-0.39, 0.29) is 76.6 Å². The molecule has 0 saturated carbocycles. The standard InChI is InChI=1S/2C33H24F2N4O6S.C30H22F2N4O4S/c2*1-44-31-28(38-46(42,43)30-9-7-22(34)14-26(30)35)13-21(16-37-31)20-6-8-27-25(12-20)24(10-11-36-27)18-2-4-19(5-3-18)32(40)39-17-23-15-29(39)33(41)45-23;1-3-29(37)35-22-8-4-18(5-9-22)23-12-13-33-26-10-6-19(14-24(23)26)20-15-27(30(40-2)34-17-20)36-41(38,39)28-11-7-21(31)16-25(28)32/h2*2-14,16,23,29,38H,15,17H2,1H3;3-17,36H,1H2,2H3,(H,35,37)/t2*23-,29-;/m10./s1. The molecule has 6 aromatic heterocycles. The van der Waals surface area contributed by atoms with Crippen LogP contribution in [-0.4, -0.2) is 153 Å². The van der Waals surface area contributed by atoms with Gasteiger partial charge in [-0.25, -0.2) is 76.1 Å². The number of sulfonamides is 3. The van der Waals surface area contributed by atoms with Gasteiger partial charge in [-0.1, -0.05) is 61.2 Å². The summed E-state index contributed by atoms with van der Waals surface area (Å²) < 4.78 is 194. The molecule has 4 N–H and O–H groups in total. The maximum atomic E-state index is 14.3. The van der Waals surface area contributed by atoms with Crippen LogP contribution in [0.5, 0.6) is 17.6 Å². The van der Waals surface area contributed by atoms with Crippen molar-refractivity contribution in [2.45, 2.75) is 51.8 Å². The summed E-state index contributed by atoms with van der Waals surface area (Å²) >= 11 is 0. The van der Waals surface area contributed by atoms with Crippen LogP contribution in [0, 0.1) is 34.9 Å². The lowest BCUT2D eigenvalue weighted by molar-refractivity contribution is -0.150. The van der Waals surface area contributed by atoms with Crippen LogP contribution >= 0.6 is 0 Å². The van der Waals surface area contributed by atoms with E-state index < -0.39 is 91.7 Å². The number of carbonyl (C=O) groups excluding carboxylic acids is 5. The molecule has 0 radical (unpaired) electrons. The van der Waals surface area contributed by atoms with Gasteiger partial charge in [0.2, 0.25) is 23.5 Å². The third-order valence-corrected chi connectivity index (χ3v) is 26.5. The number of pyridine rings is 6. The van der Waals surface area contributed by atoms with Gasteiger partial charge in [0, 0.05) is 118 Å². The second-order valence-electron chi connectivity index (χ2n) is 30.6. The zero-order chi connectivity index (χ0) is 93.5. The van der Waals surface area contributed by atoms with E-state index in [0.29, 0.717) is 105 Å². The van der Waals surface area contributed by atoms with E-state index in [2.05, 4.69) is 56.0 Å². The van der Waals surface area contributed by atoms with Gasteiger partial charge in [-0.15, -0.1) is 0 Å².